The topological polar surface area (TPSA) is 34.2 Å². The number of hydrogen-bond acceptors (Lipinski definition) is 3. The van der Waals surface area contributed by atoms with Gasteiger partial charge in [-0.05, 0) is 41.8 Å². The molecule has 0 bridgehead atoms. The molecule has 0 saturated carbocycles. The summed E-state index contributed by atoms with van der Waals surface area (Å²) in [4.78, 5) is 4.32. The van der Waals surface area contributed by atoms with Gasteiger partial charge in [-0.15, -0.1) is 0 Å². The lowest BCUT2D eigenvalue weighted by molar-refractivity contribution is 0.357. The molecule has 2 aromatic rings. The highest BCUT2D eigenvalue weighted by Crippen LogP contribution is 2.30. The summed E-state index contributed by atoms with van der Waals surface area (Å²) in [5, 5.41) is 3.55. The average molecular weight is 268 g/mol. The maximum absolute atomic E-state index is 5.59. The van der Waals surface area contributed by atoms with Gasteiger partial charge in [0.15, 0.2) is 0 Å². The van der Waals surface area contributed by atoms with Gasteiger partial charge in [-0.1, -0.05) is 25.1 Å². The van der Waals surface area contributed by atoms with Crippen LogP contribution in [0.2, 0.25) is 0 Å². The number of benzene rings is 1. The number of hydrogen-bond donors (Lipinski definition) is 1. The molecule has 0 spiro atoms. The largest absolute Gasteiger partial charge is 0.493 e. The maximum Gasteiger partial charge on any atom is 0.122 e. The number of fused-ring (bicyclic) bond motifs is 1. The van der Waals surface area contributed by atoms with E-state index in [1.54, 1.807) is 0 Å². The van der Waals surface area contributed by atoms with Crippen LogP contribution in [0.5, 0.6) is 5.75 Å². The van der Waals surface area contributed by atoms with E-state index in [1.165, 1.54) is 22.3 Å². The van der Waals surface area contributed by atoms with Crippen molar-refractivity contribution in [3.05, 3.63) is 58.9 Å². The smallest absolute Gasteiger partial charge is 0.122 e. The lowest BCUT2D eigenvalue weighted by Crippen LogP contribution is -2.22. The Labute approximate surface area is 120 Å². The molecule has 1 aromatic heterocycles. The van der Waals surface area contributed by atoms with Gasteiger partial charge in [-0.2, -0.15) is 0 Å². The van der Waals surface area contributed by atoms with Crippen LogP contribution in [0.3, 0.4) is 0 Å². The van der Waals surface area contributed by atoms with E-state index in [0.29, 0.717) is 0 Å². The predicted octanol–water partition coefficient (Wildman–Crippen LogP) is 3.02. The molecular formula is C17H20N2O. The van der Waals surface area contributed by atoms with E-state index in [0.717, 1.165) is 25.3 Å². The van der Waals surface area contributed by atoms with Crippen LogP contribution in [0.4, 0.5) is 0 Å². The summed E-state index contributed by atoms with van der Waals surface area (Å²) in [6.07, 6.45) is 4.85. The van der Waals surface area contributed by atoms with Gasteiger partial charge in [0.1, 0.15) is 5.75 Å². The van der Waals surface area contributed by atoms with Crippen molar-refractivity contribution in [2.24, 2.45) is 0 Å². The van der Waals surface area contributed by atoms with Gasteiger partial charge in [-0.3, -0.25) is 4.98 Å². The van der Waals surface area contributed by atoms with E-state index >= 15 is 0 Å². The molecule has 3 heteroatoms. The second kappa shape index (κ2) is 5.63. The minimum Gasteiger partial charge on any atom is -0.493 e. The van der Waals surface area contributed by atoms with Crippen LogP contribution in [0, 0.1) is 6.92 Å². The third-order valence-electron chi connectivity index (χ3n) is 3.68. The predicted molar refractivity (Wildman–Crippen MR) is 80.1 cm³/mol. The minimum absolute atomic E-state index is 0.193. The fraction of sp³-hybridized carbons (Fsp3) is 0.353. The first-order chi connectivity index (χ1) is 9.78. The molecule has 104 valence electrons. The SMILES string of the molecule is CCNC(c1cncc(C)c1)c1ccc2c(c1)CCO2. The van der Waals surface area contributed by atoms with Crippen LogP contribution in [0.25, 0.3) is 0 Å². The molecule has 0 aliphatic carbocycles. The van der Waals surface area contributed by atoms with Crippen molar-refractivity contribution in [3.63, 3.8) is 0 Å². The summed E-state index contributed by atoms with van der Waals surface area (Å²) >= 11 is 0. The molecule has 1 aromatic carbocycles. The van der Waals surface area contributed by atoms with E-state index in [9.17, 15) is 0 Å². The second-order valence-corrected chi connectivity index (χ2v) is 5.25. The van der Waals surface area contributed by atoms with Gasteiger partial charge in [0.2, 0.25) is 0 Å². The van der Waals surface area contributed by atoms with Gasteiger partial charge < -0.3 is 10.1 Å². The van der Waals surface area contributed by atoms with E-state index in [-0.39, 0.29) is 6.04 Å². The van der Waals surface area contributed by atoms with Crippen molar-refractivity contribution in [1.82, 2.24) is 10.3 Å². The summed E-state index contributed by atoms with van der Waals surface area (Å²) in [6.45, 7) is 5.94. The van der Waals surface area contributed by atoms with Crippen LogP contribution < -0.4 is 10.1 Å². The number of pyridine rings is 1. The molecule has 3 nitrogen and oxygen atoms in total. The lowest BCUT2D eigenvalue weighted by atomic mass is 9.97. The quantitative estimate of drug-likeness (QED) is 0.925. The Morgan fingerprint density at radius 2 is 2.15 bits per heavy atom. The lowest BCUT2D eigenvalue weighted by Gasteiger charge is -2.19. The van der Waals surface area contributed by atoms with Crippen molar-refractivity contribution < 1.29 is 4.74 Å². The standard InChI is InChI=1S/C17H20N2O/c1-3-19-17(15-8-12(2)10-18-11-15)14-4-5-16-13(9-14)6-7-20-16/h4-5,8-11,17,19H,3,6-7H2,1-2H3. The Hall–Kier alpha value is -1.87. The fourth-order valence-electron chi connectivity index (χ4n) is 2.75. The Morgan fingerprint density at radius 1 is 1.25 bits per heavy atom. The van der Waals surface area contributed by atoms with E-state index < -0.39 is 0 Å². The number of ether oxygens (including phenoxy) is 1. The number of aryl methyl sites for hydroxylation is 1. The monoisotopic (exact) mass is 268 g/mol. The molecule has 0 amide bonds. The van der Waals surface area contributed by atoms with Crippen molar-refractivity contribution in [3.8, 4) is 5.75 Å². The zero-order chi connectivity index (χ0) is 13.9. The Kier molecular flexibility index (Phi) is 3.70. The highest BCUT2D eigenvalue weighted by molar-refractivity contribution is 5.43. The normalized spacial score (nSPS) is 14.7. The fourth-order valence-corrected chi connectivity index (χ4v) is 2.75. The first kappa shape index (κ1) is 13.1. The molecule has 20 heavy (non-hydrogen) atoms. The minimum atomic E-state index is 0.193. The van der Waals surface area contributed by atoms with Gasteiger partial charge in [0.25, 0.3) is 0 Å². The van der Waals surface area contributed by atoms with Gasteiger partial charge in [0.05, 0.1) is 12.6 Å². The van der Waals surface area contributed by atoms with Crippen LogP contribution in [-0.2, 0) is 6.42 Å². The van der Waals surface area contributed by atoms with Crippen LogP contribution in [-0.4, -0.2) is 18.1 Å². The first-order valence-electron chi connectivity index (χ1n) is 7.18. The number of nitrogens with one attached hydrogen (secondary N) is 1. The Bertz CT molecular complexity index is 610. The summed E-state index contributed by atoms with van der Waals surface area (Å²) in [5.74, 6) is 1.03. The molecule has 0 saturated heterocycles. The number of aromatic nitrogens is 1. The summed E-state index contributed by atoms with van der Waals surface area (Å²) in [6, 6.07) is 8.89. The van der Waals surface area contributed by atoms with Crippen molar-refractivity contribution in [2.45, 2.75) is 26.3 Å². The van der Waals surface area contributed by atoms with Gasteiger partial charge in [0, 0.05) is 18.8 Å². The first-order valence-corrected chi connectivity index (χ1v) is 7.18. The third kappa shape index (κ3) is 2.54. The summed E-state index contributed by atoms with van der Waals surface area (Å²) in [7, 11) is 0. The molecule has 3 rings (SSSR count). The zero-order valence-electron chi connectivity index (χ0n) is 12.0. The molecule has 1 unspecified atom stereocenters. The molecular weight excluding hydrogens is 248 g/mol. The van der Waals surface area contributed by atoms with Gasteiger partial charge in [-0.25, -0.2) is 0 Å². The summed E-state index contributed by atoms with van der Waals surface area (Å²) < 4.78 is 5.59. The molecule has 2 heterocycles. The third-order valence-corrected chi connectivity index (χ3v) is 3.68. The van der Waals surface area contributed by atoms with Crippen molar-refractivity contribution in [1.29, 1.82) is 0 Å². The van der Waals surface area contributed by atoms with E-state index in [2.05, 4.69) is 48.4 Å². The average Bonchev–Trinajstić information content (AvgIpc) is 2.92. The molecule has 1 aliphatic rings. The maximum atomic E-state index is 5.59. The zero-order valence-corrected chi connectivity index (χ0v) is 12.0. The Morgan fingerprint density at radius 3 is 2.95 bits per heavy atom. The molecule has 0 radical (unpaired) electrons. The molecule has 1 aliphatic heterocycles. The Balaban J connectivity index is 1.98. The number of rotatable bonds is 4. The highest BCUT2D eigenvalue weighted by Gasteiger charge is 2.18. The van der Waals surface area contributed by atoms with Crippen molar-refractivity contribution in [2.75, 3.05) is 13.2 Å². The van der Waals surface area contributed by atoms with Gasteiger partial charge >= 0.3 is 0 Å². The van der Waals surface area contributed by atoms with Crippen LogP contribution >= 0.6 is 0 Å². The van der Waals surface area contributed by atoms with E-state index in [4.69, 9.17) is 4.74 Å². The number of nitrogens with zero attached hydrogens (tertiary/aromatic N) is 1. The molecule has 1 N–H and O–H groups in total. The highest BCUT2D eigenvalue weighted by atomic mass is 16.5. The van der Waals surface area contributed by atoms with Crippen molar-refractivity contribution >= 4 is 0 Å². The molecule has 1 atom stereocenters. The molecule has 0 fully saturated rings. The van der Waals surface area contributed by atoms with Crippen LogP contribution in [0.1, 0.15) is 35.2 Å². The summed E-state index contributed by atoms with van der Waals surface area (Å²) in [5.41, 5.74) is 5.00. The van der Waals surface area contributed by atoms with E-state index in [1.807, 2.05) is 12.4 Å². The second-order valence-electron chi connectivity index (χ2n) is 5.25. The van der Waals surface area contributed by atoms with Crippen LogP contribution in [0.15, 0.2) is 36.7 Å².